The van der Waals surface area contributed by atoms with Gasteiger partial charge in [0.25, 0.3) is 0 Å². The van der Waals surface area contributed by atoms with Crippen molar-refractivity contribution < 1.29 is 0 Å². The number of hydrogen-bond donors (Lipinski definition) is 0. The zero-order valence-corrected chi connectivity index (χ0v) is 60.4. The lowest BCUT2D eigenvalue weighted by atomic mass is 9.92. The van der Waals surface area contributed by atoms with Crippen LogP contribution in [0.25, 0.3) is 0 Å². The molecule has 0 saturated carbocycles. The molecule has 0 fully saturated rings. The second-order valence-electron chi connectivity index (χ2n) is 22.7. The summed E-state index contributed by atoms with van der Waals surface area (Å²) < 4.78 is 0. The average Bonchev–Trinajstić information content (AvgIpc) is 3.49. The van der Waals surface area contributed by atoms with E-state index >= 15 is 0 Å². The first-order valence-electron chi connectivity index (χ1n) is 37.2. The lowest BCUT2D eigenvalue weighted by Gasteiger charge is -2.14. The molecule has 0 nitrogen and oxygen atoms in total. The fourth-order valence-electron chi connectivity index (χ4n) is 9.36. The molecule has 0 heterocycles. The minimum Gasteiger partial charge on any atom is -0.124 e. The molecule has 1 unspecified atom stereocenters. The van der Waals surface area contributed by atoms with Crippen molar-refractivity contribution in [3.63, 3.8) is 0 Å². The molecule has 0 aromatic carbocycles. The molecule has 0 bridgehead atoms. The van der Waals surface area contributed by atoms with Gasteiger partial charge in [0.15, 0.2) is 0 Å². The highest BCUT2D eigenvalue weighted by Gasteiger charge is 2.06. The average molecular weight is 1120 g/mol. The van der Waals surface area contributed by atoms with Crippen molar-refractivity contribution in [2.45, 2.75) is 465 Å². The van der Waals surface area contributed by atoms with Crippen LogP contribution in [-0.4, -0.2) is 0 Å². The Bertz CT molecular complexity index is 776. The van der Waals surface area contributed by atoms with Crippen LogP contribution >= 0.6 is 0 Å². The monoisotopic (exact) mass is 1120 g/mol. The highest BCUT2D eigenvalue weighted by molar-refractivity contribution is 4.98. The van der Waals surface area contributed by atoms with Gasteiger partial charge in [0, 0.05) is 0 Å². The van der Waals surface area contributed by atoms with Crippen LogP contribution in [0.2, 0.25) is 0 Å². The lowest BCUT2D eigenvalue weighted by Crippen LogP contribution is -1.98. The minimum atomic E-state index is 0.749. The summed E-state index contributed by atoms with van der Waals surface area (Å²) in [6.45, 7) is 50.2. The van der Waals surface area contributed by atoms with E-state index in [1.54, 1.807) is 0 Å². The van der Waals surface area contributed by atoms with Crippen molar-refractivity contribution >= 4 is 0 Å². The Morgan fingerprint density at radius 1 is 0.253 bits per heavy atom. The van der Waals surface area contributed by atoms with Gasteiger partial charge < -0.3 is 0 Å². The molecule has 0 aromatic heterocycles. The standard InChI is InChI=1S/C16H32.C15H32.C11H24.2C10H22.C9H20.2C2H6.C2H4.C2H2/c1-5-7-9-10-12-14-16(4)15(3)13-11-8-6-2;1-3-5-7-9-11-13-15-14-12-10-8-6-4-2;1-3-5-7-9-11-10-8-6-4-2;2*1-3-5-7-9-10-8-6-4-2;1-4-7-9(6-3)8-5-2;4*1-2/h16H,3,5-14H2,1-2,4H3;3-15H2,1-2H3;3-11H2,1-2H3;2*3-10H2,1-2H3;9H,4-8H2,1-3H3;2*1-2H3;1-2H2;1-2H. The number of hydrogen-bond acceptors (Lipinski definition) is 0. The predicted molar refractivity (Wildman–Crippen MR) is 384 cm³/mol. The zero-order chi connectivity index (χ0) is 62.2. The molecule has 0 aromatic rings. The SMILES string of the molecule is C#C.C=C.C=C(CCCCC)C(C)CCCCCCC.CC.CC.CCCC(CC)CCC.CCCCCCCCCC.CCCCCCCCCC.CCCCCCCCCCC.CCCCCCCCCCCCCCC. The molecule has 0 rings (SSSR count). The van der Waals surface area contributed by atoms with E-state index in [2.05, 4.69) is 130 Å². The Labute approximate surface area is 512 Å². The molecule has 0 aliphatic rings. The van der Waals surface area contributed by atoms with Gasteiger partial charge in [0.05, 0.1) is 0 Å². The molecular weight excluding hydrogens is 949 g/mol. The maximum Gasteiger partial charge on any atom is -0.0234 e. The summed E-state index contributed by atoms with van der Waals surface area (Å²) in [5, 5.41) is 0. The fourth-order valence-corrected chi connectivity index (χ4v) is 9.36. The summed E-state index contributed by atoms with van der Waals surface area (Å²) in [7, 11) is 0. The Kier molecular flexibility index (Phi) is 151. The molecule has 79 heavy (non-hydrogen) atoms. The molecule has 0 saturated heterocycles. The second kappa shape index (κ2) is 120. The summed E-state index contributed by atoms with van der Waals surface area (Å²) in [6.07, 6.45) is 83.4. The molecular formula is C79H170. The largest absolute Gasteiger partial charge is 0.124 e. The molecule has 0 amide bonds. The number of rotatable bonds is 50. The van der Waals surface area contributed by atoms with Gasteiger partial charge >= 0.3 is 0 Å². The Hall–Kier alpha value is -0.960. The van der Waals surface area contributed by atoms with Crippen molar-refractivity contribution in [1.29, 1.82) is 0 Å². The summed E-state index contributed by atoms with van der Waals surface area (Å²) in [5.74, 6) is 1.76. The molecule has 0 N–H and O–H groups in total. The van der Waals surface area contributed by atoms with E-state index in [0.29, 0.717) is 0 Å². The van der Waals surface area contributed by atoms with E-state index in [-0.39, 0.29) is 0 Å². The summed E-state index contributed by atoms with van der Waals surface area (Å²) >= 11 is 0. The first-order chi connectivity index (χ1) is 38.7. The van der Waals surface area contributed by atoms with E-state index in [4.69, 9.17) is 0 Å². The van der Waals surface area contributed by atoms with Crippen molar-refractivity contribution in [1.82, 2.24) is 0 Å². The van der Waals surface area contributed by atoms with Gasteiger partial charge in [-0.3, -0.25) is 0 Å². The van der Waals surface area contributed by atoms with Crippen LogP contribution in [0.5, 0.6) is 0 Å². The smallest absolute Gasteiger partial charge is 0.0234 e. The van der Waals surface area contributed by atoms with Crippen LogP contribution < -0.4 is 0 Å². The normalized spacial score (nSPS) is 10.1. The highest BCUT2D eigenvalue weighted by Crippen LogP contribution is 2.22. The third-order valence-electron chi connectivity index (χ3n) is 14.8. The fraction of sp³-hybridized carbons (Fsp3) is 0.924. The van der Waals surface area contributed by atoms with Gasteiger partial charge in [-0.1, -0.05) is 458 Å². The van der Waals surface area contributed by atoms with Gasteiger partial charge in [-0.2, -0.15) is 0 Å². The number of allylic oxidation sites excluding steroid dienone is 1. The summed E-state index contributed by atoms with van der Waals surface area (Å²) in [4.78, 5) is 0. The van der Waals surface area contributed by atoms with Gasteiger partial charge in [0.2, 0.25) is 0 Å². The maximum atomic E-state index is 4.24. The Morgan fingerprint density at radius 3 is 0.582 bits per heavy atom. The van der Waals surface area contributed by atoms with Crippen molar-refractivity contribution in [3.8, 4) is 12.8 Å². The minimum absolute atomic E-state index is 0.749. The van der Waals surface area contributed by atoms with Gasteiger partial charge in [-0.25, -0.2) is 0 Å². The predicted octanol–water partition coefficient (Wildman–Crippen LogP) is 31.8. The lowest BCUT2D eigenvalue weighted by molar-refractivity contribution is 0.427. The number of terminal acetylenes is 1. The van der Waals surface area contributed by atoms with E-state index in [1.807, 2.05) is 27.7 Å². The molecule has 0 aliphatic carbocycles. The van der Waals surface area contributed by atoms with Crippen molar-refractivity contribution in [2.24, 2.45) is 11.8 Å². The van der Waals surface area contributed by atoms with Crippen LogP contribution in [0.4, 0.5) is 0 Å². The third-order valence-corrected chi connectivity index (χ3v) is 14.8. The van der Waals surface area contributed by atoms with Crippen LogP contribution in [0.3, 0.4) is 0 Å². The zero-order valence-electron chi connectivity index (χ0n) is 60.4. The van der Waals surface area contributed by atoms with Crippen LogP contribution in [0.1, 0.15) is 465 Å². The van der Waals surface area contributed by atoms with E-state index in [0.717, 1.165) is 11.8 Å². The first-order valence-corrected chi connectivity index (χ1v) is 37.2. The van der Waals surface area contributed by atoms with Gasteiger partial charge in [0.1, 0.15) is 0 Å². The first kappa shape index (κ1) is 100. The van der Waals surface area contributed by atoms with Crippen LogP contribution in [0.15, 0.2) is 25.3 Å². The molecule has 1 atom stereocenters. The summed E-state index contributed by atoms with van der Waals surface area (Å²) in [5.41, 5.74) is 1.49. The second-order valence-corrected chi connectivity index (χ2v) is 22.7. The number of unbranched alkanes of at least 4 members (excludes halogenated alkanes) is 40. The Balaban J connectivity index is -0.0000000889. The Morgan fingerprint density at radius 2 is 0.418 bits per heavy atom. The van der Waals surface area contributed by atoms with Gasteiger partial charge in [-0.05, 0) is 31.1 Å². The quantitative estimate of drug-likeness (QED) is 0.0324. The molecule has 486 valence electrons. The molecule has 0 radical (unpaired) electrons. The van der Waals surface area contributed by atoms with Crippen molar-refractivity contribution in [2.75, 3.05) is 0 Å². The van der Waals surface area contributed by atoms with E-state index < -0.39 is 0 Å². The van der Waals surface area contributed by atoms with Gasteiger partial charge in [-0.15, -0.1) is 26.0 Å². The summed E-state index contributed by atoms with van der Waals surface area (Å²) in [6, 6.07) is 0. The molecule has 0 heteroatoms. The van der Waals surface area contributed by atoms with Crippen LogP contribution in [0, 0.1) is 24.7 Å². The topological polar surface area (TPSA) is 0 Å². The maximum absolute atomic E-state index is 4.24. The third kappa shape index (κ3) is 133. The van der Waals surface area contributed by atoms with E-state index in [9.17, 15) is 0 Å². The van der Waals surface area contributed by atoms with E-state index in [1.165, 1.54) is 346 Å². The molecule has 0 spiro atoms. The highest BCUT2D eigenvalue weighted by atomic mass is 14.1. The van der Waals surface area contributed by atoms with Crippen LogP contribution in [-0.2, 0) is 0 Å². The molecule has 0 aliphatic heterocycles. The van der Waals surface area contributed by atoms with Crippen molar-refractivity contribution in [3.05, 3.63) is 25.3 Å².